The fourth-order valence-electron chi connectivity index (χ4n) is 4.70. The van der Waals surface area contributed by atoms with Gasteiger partial charge in [0.05, 0.1) is 12.7 Å². The minimum Gasteiger partial charge on any atom is -0.497 e. The van der Waals surface area contributed by atoms with E-state index < -0.39 is 5.79 Å². The second-order valence-electron chi connectivity index (χ2n) is 7.84. The molecule has 0 radical (unpaired) electrons. The molecule has 6 heteroatoms. The van der Waals surface area contributed by atoms with E-state index in [1.54, 1.807) is 14.2 Å². The Hall–Kier alpha value is -3.01. The Kier molecular flexibility index (Phi) is 5.67. The van der Waals surface area contributed by atoms with Gasteiger partial charge < -0.3 is 19.9 Å². The summed E-state index contributed by atoms with van der Waals surface area (Å²) in [4.78, 5) is 2.40. The first kappa shape index (κ1) is 20.3. The average Bonchev–Trinajstić information content (AvgIpc) is 2.79. The number of hydrogen-bond acceptors (Lipinski definition) is 6. The van der Waals surface area contributed by atoms with Crippen molar-refractivity contribution in [3.8, 4) is 11.8 Å². The van der Waals surface area contributed by atoms with Crippen molar-refractivity contribution in [2.75, 3.05) is 27.3 Å². The highest BCUT2D eigenvalue weighted by Gasteiger charge is 2.54. The zero-order valence-corrected chi connectivity index (χ0v) is 17.4. The van der Waals surface area contributed by atoms with Gasteiger partial charge in [0, 0.05) is 45.0 Å². The smallest absolute Gasteiger partial charge is 0.218 e. The highest BCUT2D eigenvalue weighted by atomic mass is 16.7. The Morgan fingerprint density at radius 3 is 2.53 bits per heavy atom. The second-order valence-corrected chi connectivity index (χ2v) is 7.84. The van der Waals surface area contributed by atoms with Crippen LogP contribution in [0, 0.1) is 17.2 Å². The molecule has 0 amide bonds. The Balaban J connectivity index is 1.71. The maximum atomic E-state index is 9.89. The summed E-state index contributed by atoms with van der Waals surface area (Å²) in [5.41, 5.74) is 8.94. The summed E-state index contributed by atoms with van der Waals surface area (Å²) in [5, 5.41) is 9.89. The highest BCUT2D eigenvalue weighted by molar-refractivity contribution is 5.43. The van der Waals surface area contributed by atoms with Crippen LogP contribution in [-0.2, 0) is 16.0 Å². The molecule has 2 heterocycles. The monoisotopic (exact) mass is 405 g/mol. The molecule has 1 saturated heterocycles. The van der Waals surface area contributed by atoms with Crippen LogP contribution in [0.3, 0.4) is 0 Å². The SMILES string of the molecule is COc1ccc([C@@H]2C(C#N)=C(N)O[C@]3(OC)CCN(Cc4ccccc4)C[C@@H]23)cc1. The molecule has 2 aromatic carbocycles. The molecular weight excluding hydrogens is 378 g/mol. The van der Waals surface area contributed by atoms with E-state index in [0.717, 1.165) is 30.9 Å². The Labute approximate surface area is 177 Å². The van der Waals surface area contributed by atoms with Gasteiger partial charge in [-0.25, -0.2) is 0 Å². The van der Waals surface area contributed by atoms with Gasteiger partial charge in [0.1, 0.15) is 11.8 Å². The number of hydrogen-bond donors (Lipinski definition) is 1. The van der Waals surface area contributed by atoms with Gasteiger partial charge in [0.2, 0.25) is 11.7 Å². The molecule has 156 valence electrons. The molecule has 0 aromatic heterocycles. The number of rotatable bonds is 5. The summed E-state index contributed by atoms with van der Waals surface area (Å²) in [7, 11) is 3.30. The lowest BCUT2D eigenvalue weighted by atomic mass is 9.72. The number of methoxy groups -OCH3 is 2. The summed E-state index contributed by atoms with van der Waals surface area (Å²) < 4.78 is 17.3. The third-order valence-corrected chi connectivity index (χ3v) is 6.25. The highest BCUT2D eigenvalue weighted by Crippen LogP contribution is 2.49. The van der Waals surface area contributed by atoms with Crippen molar-refractivity contribution in [1.82, 2.24) is 4.90 Å². The molecule has 2 aliphatic rings. The number of benzene rings is 2. The molecule has 4 rings (SSSR count). The van der Waals surface area contributed by atoms with Crippen LogP contribution in [-0.4, -0.2) is 38.0 Å². The molecule has 2 aliphatic heterocycles. The second kappa shape index (κ2) is 8.39. The van der Waals surface area contributed by atoms with Gasteiger partial charge in [-0.05, 0) is 23.3 Å². The van der Waals surface area contributed by atoms with Gasteiger partial charge in [0.15, 0.2) is 0 Å². The van der Waals surface area contributed by atoms with Gasteiger partial charge in [-0.1, -0.05) is 42.5 Å². The van der Waals surface area contributed by atoms with E-state index in [1.807, 2.05) is 30.3 Å². The van der Waals surface area contributed by atoms with Crippen molar-refractivity contribution in [2.45, 2.75) is 24.7 Å². The van der Waals surface area contributed by atoms with Crippen LogP contribution in [0.5, 0.6) is 5.75 Å². The average molecular weight is 405 g/mol. The Bertz CT molecular complexity index is 952. The number of nitriles is 1. The van der Waals surface area contributed by atoms with Gasteiger partial charge in [-0.3, -0.25) is 4.90 Å². The van der Waals surface area contributed by atoms with Crippen molar-refractivity contribution in [1.29, 1.82) is 5.26 Å². The summed E-state index contributed by atoms with van der Waals surface area (Å²) in [5.74, 6) is -0.201. The van der Waals surface area contributed by atoms with Crippen LogP contribution in [0.2, 0.25) is 0 Å². The molecule has 0 spiro atoms. The first-order chi connectivity index (χ1) is 14.6. The zero-order chi connectivity index (χ0) is 21.1. The van der Waals surface area contributed by atoms with Crippen LogP contribution in [0.25, 0.3) is 0 Å². The van der Waals surface area contributed by atoms with Crippen LogP contribution >= 0.6 is 0 Å². The van der Waals surface area contributed by atoms with Crippen molar-refractivity contribution < 1.29 is 14.2 Å². The maximum absolute atomic E-state index is 9.89. The molecule has 1 fully saturated rings. The van der Waals surface area contributed by atoms with Gasteiger partial charge >= 0.3 is 0 Å². The van der Waals surface area contributed by atoms with E-state index in [0.29, 0.717) is 12.0 Å². The van der Waals surface area contributed by atoms with Gasteiger partial charge in [-0.15, -0.1) is 0 Å². The quantitative estimate of drug-likeness (QED) is 0.822. The molecule has 0 saturated carbocycles. The fraction of sp³-hybridized carbons (Fsp3) is 0.375. The largest absolute Gasteiger partial charge is 0.497 e. The maximum Gasteiger partial charge on any atom is 0.218 e. The van der Waals surface area contributed by atoms with Crippen LogP contribution < -0.4 is 10.5 Å². The standard InChI is InChI=1S/C24H27N3O3/c1-28-19-10-8-18(9-11-19)22-20(14-25)23(26)30-24(29-2)12-13-27(16-21(22)24)15-17-6-4-3-5-7-17/h3-11,21-22H,12-13,15-16,26H2,1-2H3/t21-,22+,24+/m0/s1. The molecular formula is C24H27N3O3. The van der Waals surface area contributed by atoms with Crippen LogP contribution in [0.1, 0.15) is 23.5 Å². The lowest BCUT2D eigenvalue weighted by Crippen LogP contribution is -2.58. The van der Waals surface area contributed by atoms with Crippen molar-refractivity contribution in [3.63, 3.8) is 0 Å². The zero-order valence-electron chi connectivity index (χ0n) is 17.4. The molecule has 0 bridgehead atoms. The lowest BCUT2D eigenvalue weighted by molar-refractivity contribution is -0.266. The third-order valence-electron chi connectivity index (χ3n) is 6.25. The number of fused-ring (bicyclic) bond motifs is 1. The van der Waals surface area contributed by atoms with Gasteiger partial charge in [-0.2, -0.15) is 5.26 Å². The van der Waals surface area contributed by atoms with E-state index in [-0.39, 0.29) is 17.7 Å². The summed E-state index contributed by atoms with van der Waals surface area (Å²) in [6.45, 7) is 2.40. The van der Waals surface area contributed by atoms with Crippen LogP contribution in [0.4, 0.5) is 0 Å². The number of ether oxygens (including phenoxy) is 3. The van der Waals surface area contributed by atoms with E-state index in [4.69, 9.17) is 19.9 Å². The van der Waals surface area contributed by atoms with Crippen molar-refractivity contribution >= 4 is 0 Å². The molecule has 2 N–H and O–H groups in total. The van der Waals surface area contributed by atoms with E-state index in [9.17, 15) is 5.26 Å². The number of likely N-dealkylation sites (tertiary alicyclic amines) is 1. The Morgan fingerprint density at radius 2 is 1.90 bits per heavy atom. The molecule has 2 aromatic rings. The molecule has 6 nitrogen and oxygen atoms in total. The molecule has 0 unspecified atom stereocenters. The number of piperidine rings is 1. The van der Waals surface area contributed by atoms with Crippen molar-refractivity contribution in [3.05, 3.63) is 77.2 Å². The number of allylic oxidation sites excluding steroid dienone is 1. The van der Waals surface area contributed by atoms with Crippen molar-refractivity contribution in [2.24, 2.45) is 11.7 Å². The van der Waals surface area contributed by atoms with E-state index in [2.05, 4.69) is 35.2 Å². The van der Waals surface area contributed by atoms with Gasteiger partial charge in [0.25, 0.3) is 0 Å². The summed E-state index contributed by atoms with van der Waals surface area (Å²) in [6.07, 6.45) is 0.674. The molecule has 30 heavy (non-hydrogen) atoms. The molecule has 3 atom stereocenters. The lowest BCUT2D eigenvalue weighted by Gasteiger charge is -2.51. The normalized spacial score (nSPS) is 26.4. The third kappa shape index (κ3) is 3.62. The fourth-order valence-corrected chi connectivity index (χ4v) is 4.70. The number of nitrogens with two attached hydrogens (primary N) is 1. The summed E-state index contributed by atoms with van der Waals surface area (Å²) in [6, 6.07) is 20.5. The van der Waals surface area contributed by atoms with E-state index in [1.165, 1.54) is 5.56 Å². The molecule has 0 aliphatic carbocycles. The predicted molar refractivity (Wildman–Crippen MR) is 113 cm³/mol. The minimum absolute atomic E-state index is 0.0738. The first-order valence-electron chi connectivity index (χ1n) is 10.1. The summed E-state index contributed by atoms with van der Waals surface area (Å²) >= 11 is 0. The van der Waals surface area contributed by atoms with Crippen LogP contribution in [0.15, 0.2) is 66.1 Å². The van der Waals surface area contributed by atoms with E-state index >= 15 is 0 Å². The number of nitrogens with zero attached hydrogens (tertiary/aromatic N) is 2. The Morgan fingerprint density at radius 1 is 1.17 bits per heavy atom. The topological polar surface area (TPSA) is 80.7 Å². The predicted octanol–water partition coefficient (Wildman–Crippen LogP) is 3.37. The first-order valence-corrected chi connectivity index (χ1v) is 10.1. The minimum atomic E-state index is -0.845.